The molecular formula is C32H45N3O3. The average molecular weight is 520 g/mol. The lowest BCUT2D eigenvalue weighted by molar-refractivity contribution is -0.151. The van der Waals surface area contributed by atoms with Crippen LogP contribution in [0.3, 0.4) is 0 Å². The van der Waals surface area contributed by atoms with Crippen LogP contribution in [0.4, 0.5) is 0 Å². The zero-order chi connectivity index (χ0) is 27.1. The monoisotopic (exact) mass is 519 g/mol. The van der Waals surface area contributed by atoms with Crippen LogP contribution in [-0.4, -0.2) is 41.6 Å². The minimum absolute atomic E-state index is 0.0747. The number of ether oxygens (including phenoxy) is 1. The van der Waals surface area contributed by atoms with Crippen LogP contribution in [0, 0.1) is 28.6 Å². The molecule has 5 rings (SSSR count). The minimum atomic E-state index is -0.342. The molecule has 6 heteroatoms. The first-order valence-corrected chi connectivity index (χ1v) is 14.5. The Hall–Kier alpha value is -2.47. The highest BCUT2D eigenvalue weighted by Gasteiger charge is 2.57. The van der Waals surface area contributed by atoms with Gasteiger partial charge in [0.15, 0.2) is 0 Å². The molecule has 1 aromatic heterocycles. The summed E-state index contributed by atoms with van der Waals surface area (Å²) >= 11 is 0. The summed E-state index contributed by atoms with van der Waals surface area (Å²) in [6.07, 6.45) is 16.3. The van der Waals surface area contributed by atoms with Crippen molar-refractivity contribution in [2.75, 3.05) is 13.1 Å². The summed E-state index contributed by atoms with van der Waals surface area (Å²) in [5, 5.41) is 5.82. The van der Waals surface area contributed by atoms with E-state index in [0.717, 1.165) is 25.7 Å². The molecule has 2 saturated carbocycles. The Morgan fingerprint density at radius 1 is 1.05 bits per heavy atom. The number of rotatable bonds is 6. The number of allylic oxidation sites excluding steroid dienone is 3. The molecule has 0 saturated heterocycles. The van der Waals surface area contributed by atoms with Crippen LogP contribution < -0.4 is 10.6 Å². The number of carbonyl (C=O) groups is 2. The Morgan fingerprint density at radius 2 is 1.84 bits per heavy atom. The van der Waals surface area contributed by atoms with Gasteiger partial charge in [0.25, 0.3) is 0 Å². The first kappa shape index (κ1) is 27.1. The van der Waals surface area contributed by atoms with E-state index in [1.54, 1.807) is 0 Å². The molecule has 0 bridgehead atoms. The van der Waals surface area contributed by atoms with Gasteiger partial charge in [-0.1, -0.05) is 37.6 Å². The third kappa shape index (κ3) is 5.21. The van der Waals surface area contributed by atoms with E-state index in [4.69, 9.17) is 4.74 Å². The molecule has 0 aromatic carbocycles. The Balaban J connectivity index is 1.19. The maximum atomic E-state index is 12.5. The smallest absolute Gasteiger partial charge is 0.325 e. The molecule has 0 spiro atoms. The SMILES string of the molecule is CC(C)(C)NCC(=O)NCC(=O)OC1CCC2(C)C(=CCC3C2CCC2(C)C(c4cccnc4)=CCC32)C1. The van der Waals surface area contributed by atoms with E-state index in [0.29, 0.717) is 17.8 Å². The van der Waals surface area contributed by atoms with Crippen molar-refractivity contribution in [3.63, 3.8) is 0 Å². The quantitative estimate of drug-likeness (QED) is 0.386. The van der Waals surface area contributed by atoms with Crippen LogP contribution in [-0.2, 0) is 14.3 Å². The van der Waals surface area contributed by atoms with E-state index in [1.807, 2.05) is 33.2 Å². The van der Waals surface area contributed by atoms with Crippen molar-refractivity contribution in [1.29, 1.82) is 0 Å². The van der Waals surface area contributed by atoms with Crippen molar-refractivity contribution < 1.29 is 14.3 Å². The van der Waals surface area contributed by atoms with E-state index >= 15 is 0 Å². The second kappa shape index (κ2) is 10.3. The zero-order valence-electron chi connectivity index (χ0n) is 23.8. The van der Waals surface area contributed by atoms with Gasteiger partial charge >= 0.3 is 5.97 Å². The van der Waals surface area contributed by atoms with Crippen molar-refractivity contribution in [3.8, 4) is 0 Å². The summed E-state index contributed by atoms with van der Waals surface area (Å²) in [6, 6.07) is 4.27. The molecule has 1 aromatic rings. The Bertz CT molecular complexity index is 1120. The molecule has 2 fully saturated rings. The average Bonchev–Trinajstić information content (AvgIpc) is 3.24. The molecular weight excluding hydrogens is 474 g/mol. The standard InChI is InChI=1S/C32H45N3O3/c1-30(2,3)35-19-28(36)34-20-29(37)38-23-12-14-31(4)22(17-23)8-9-24-26-11-10-25(21-7-6-16-33-18-21)32(26,5)15-13-27(24)31/h6-8,10,16,18,23-24,26-27,35H,9,11-15,17,19-20H2,1-5H3,(H,34,36). The lowest BCUT2D eigenvalue weighted by atomic mass is 9.47. The normalized spacial score (nSPS) is 34.2. The van der Waals surface area contributed by atoms with Crippen molar-refractivity contribution in [1.82, 2.24) is 15.6 Å². The summed E-state index contributed by atoms with van der Waals surface area (Å²) in [7, 11) is 0. The first-order chi connectivity index (χ1) is 18.0. The van der Waals surface area contributed by atoms with E-state index in [1.165, 1.54) is 36.0 Å². The van der Waals surface area contributed by atoms with Crippen molar-refractivity contribution in [2.45, 2.75) is 91.2 Å². The van der Waals surface area contributed by atoms with E-state index < -0.39 is 0 Å². The minimum Gasteiger partial charge on any atom is -0.461 e. The van der Waals surface area contributed by atoms with E-state index in [-0.39, 0.29) is 47.4 Å². The van der Waals surface area contributed by atoms with E-state index in [9.17, 15) is 9.59 Å². The van der Waals surface area contributed by atoms with Crippen molar-refractivity contribution >= 4 is 17.4 Å². The third-order valence-electron chi connectivity index (χ3n) is 10.1. The predicted octanol–water partition coefficient (Wildman–Crippen LogP) is 5.45. The van der Waals surface area contributed by atoms with Gasteiger partial charge in [-0.2, -0.15) is 0 Å². The van der Waals surface area contributed by atoms with Gasteiger partial charge in [-0.3, -0.25) is 14.6 Å². The second-order valence-electron chi connectivity index (χ2n) is 13.5. The second-order valence-corrected chi connectivity index (χ2v) is 13.5. The number of esters is 1. The molecule has 206 valence electrons. The molecule has 4 aliphatic rings. The molecule has 0 radical (unpaired) electrons. The number of hydrogen-bond donors (Lipinski definition) is 2. The number of nitrogens with one attached hydrogen (secondary N) is 2. The van der Waals surface area contributed by atoms with E-state index in [2.05, 4.69) is 53.7 Å². The van der Waals surface area contributed by atoms with Gasteiger partial charge < -0.3 is 15.4 Å². The number of amides is 1. The van der Waals surface area contributed by atoms with Gasteiger partial charge in [-0.05, 0) is 105 Å². The van der Waals surface area contributed by atoms with Crippen LogP contribution in [0.2, 0.25) is 0 Å². The topological polar surface area (TPSA) is 80.3 Å². The fourth-order valence-corrected chi connectivity index (χ4v) is 8.07. The molecule has 4 aliphatic carbocycles. The Morgan fingerprint density at radius 3 is 2.58 bits per heavy atom. The molecule has 6 nitrogen and oxygen atoms in total. The fourth-order valence-electron chi connectivity index (χ4n) is 8.07. The predicted molar refractivity (Wildman–Crippen MR) is 150 cm³/mol. The fraction of sp³-hybridized carbons (Fsp3) is 0.656. The molecule has 6 unspecified atom stereocenters. The van der Waals surface area contributed by atoms with Gasteiger partial charge in [0.1, 0.15) is 12.6 Å². The maximum Gasteiger partial charge on any atom is 0.325 e. The van der Waals surface area contributed by atoms with Crippen LogP contribution in [0.5, 0.6) is 0 Å². The molecule has 6 atom stereocenters. The van der Waals surface area contributed by atoms with Crippen LogP contribution in [0.15, 0.2) is 42.3 Å². The largest absolute Gasteiger partial charge is 0.461 e. The molecule has 2 N–H and O–H groups in total. The van der Waals surface area contributed by atoms with Crippen LogP contribution >= 0.6 is 0 Å². The van der Waals surface area contributed by atoms with Crippen LogP contribution in [0.1, 0.15) is 85.1 Å². The summed E-state index contributed by atoms with van der Waals surface area (Å²) < 4.78 is 5.84. The summed E-state index contributed by atoms with van der Waals surface area (Å²) in [6.45, 7) is 11.1. The number of carbonyl (C=O) groups excluding carboxylic acids is 2. The number of aromatic nitrogens is 1. The molecule has 1 heterocycles. The highest BCUT2D eigenvalue weighted by Crippen LogP contribution is 2.66. The summed E-state index contributed by atoms with van der Waals surface area (Å²) in [4.78, 5) is 29.0. The summed E-state index contributed by atoms with van der Waals surface area (Å²) in [5.41, 5.74) is 4.56. The molecule has 1 amide bonds. The lowest BCUT2D eigenvalue weighted by Crippen LogP contribution is -2.50. The molecule has 38 heavy (non-hydrogen) atoms. The van der Waals surface area contributed by atoms with Crippen molar-refractivity contribution in [3.05, 3.63) is 47.8 Å². The van der Waals surface area contributed by atoms with Crippen LogP contribution in [0.25, 0.3) is 5.57 Å². The zero-order valence-corrected chi connectivity index (χ0v) is 23.8. The third-order valence-corrected chi connectivity index (χ3v) is 10.1. The number of fused-ring (bicyclic) bond motifs is 5. The van der Waals surface area contributed by atoms with Gasteiger partial charge in [0, 0.05) is 24.4 Å². The summed E-state index contributed by atoms with van der Waals surface area (Å²) in [5.74, 6) is 1.53. The van der Waals surface area contributed by atoms with Crippen molar-refractivity contribution in [2.24, 2.45) is 28.6 Å². The van der Waals surface area contributed by atoms with Gasteiger partial charge in [-0.15, -0.1) is 0 Å². The Kier molecular flexibility index (Phi) is 7.32. The number of pyridine rings is 1. The van der Waals surface area contributed by atoms with Gasteiger partial charge in [-0.25, -0.2) is 0 Å². The number of hydrogen-bond acceptors (Lipinski definition) is 5. The molecule has 0 aliphatic heterocycles. The Labute approximate surface area is 228 Å². The maximum absolute atomic E-state index is 12.5. The van der Waals surface area contributed by atoms with Gasteiger partial charge in [0.2, 0.25) is 5.91 Å². The number of nitrogens with zero attached hydrogens (tertiary/aromatic N) is 1. The highest BCUT2D eigenvalue weighted by atomic mass is 16.5. The highest BCUT2D eigenvalue weighted by molar-refractivity contribution is 5.83. The van der Waals surface area contributed by atoms with Gasteiger partial charge in [0.05, 0.1) is 6.54 Å². The lowest BCUT2D eigenvalue weighted by Gasteiger charge is -2.57. The first-order valence-electron chi connectivity index (χ1n) is 14.5.